The van der Waals surface area contributed by atoms with Crippen LogP contribution in [0, 0.1) is 13.8 Å². The normalized spacial score (nSPS) is 15.4. The Labute approximate surface area is 153 Å². The number of anilines is 1. The van der Waals surface area contributed by atoms with E-state index < -0.39 is 0 Å². The van der Waals surface area contributed by atoms with Gasteiger partial charge in [0.25, 0.3) is 0 Å². The van der Waals surface area contributed by atoms with Crippen molar-refractivity contribution in [3.63, 3.8) is 0 Å². The third kappa shape index (κ3) is 3.60. The van der Waals surface area contributed by atoms with Gasteiger partial charge in [-0.25, -0.2) is 15.0 Å². The Morgan fingerprint density at radius 3 is 2.50 bits per heavy atom. The molecule has 0 amide bonds. The van der Waals surface area contributed by atoms with Gasteiger partial charge in [0.1, 0.15) is 5.76 Å². The van der Waals surface area contributed by atoms with E-state index in [1.807, 2.05) is 25.1 Å². The van der Waals surface area contributed by atoms with E-state index >= 15 is 0 Å². The molecule has 6 nitrogen and oxygen atoms in total. The van der Waals surface area contributed by atoms with Gasteiger partial charge >= 0.3 is 0 Å². The minimum absolute atomic E-state index is 0.706. The van der Waals surface area contributed by atoms with Crippen LogP contribution in [0.2, 0.25) is 0 Å². The maximum absolute atomic E-state index is 5.92. The minimum atomic E-state index is 0.706. The van der Waals surface area contributed by atoms with Crippen molar-refractivity contribution in [1.82, 2.24) is 19.9 Å². The highest BCUT2D eigenvalue weighted by atomic mass is 16.4. The van der Waals surface area contributed by atoms with Crippen molar-refractivity contribution in [3.05, 3.63) is 59.7 Å². The number of hydrogen-bond acceptors (Lipinski definition) is 6. The number of nitrogens with zero attached hydrogens (tertiary/aromatic N) is 5. The Bertz CT molecular complexity index is 869. The van der Waals surface area contributed by atoms with Crippen molar-refractivity contribution in [2.45, 2.75) is 20.4 Å². The van der Waals surface area contributed by atoms with E-state index in [4.69, 9.17) is 9.40 Å². The first-order valence-corrected chi connectivity index (χ1v) is 8.97. The van der Waals surface area contributed by atoms with Crippen LogP contribution in [-0.4, -0.2) is 46.0 Å². The second kappa shape index (κ2) is 7.25. The highest BCUT2D eigenvalue weighted by molar-refractivity contribution is 5.54. The van der Waals surface area contributed by atoms with Crippen molar-refractivity contribution in [2.75, 3.05) is 31.1 Å². The van der Waals surface area contributed by atoms with E-state index in [1.165, 1.54) is 5.56 Å². The van der Waals surface area contributed by atoms with Crippen LogP contribution in [0.25, 0.3) is 11.5 Å². The van der Waals surface area contributed by atoms with Gasteiger partial charge in [0, 0.05) is 50.7 Å². The Kier molecular flexibility index (Phi) is 4.67. The molecule has 0 unspecified atom stereocenters. The van der Waals surface area contributed by atoms with E-state index in [1.54, 1.807) is 12.4 Å². The molecule has 4 rings (SSSR count). The lowest BCUT2D eigenvalue weighted by Crippen LogP contribution is -2.46. The van der Waals surface area contributed by atoms with Gasteiger partial charge in [-0.1, -0.05) is 17.7 Å². The van der Waals surface area contributed by atoms with E-state index in [0.717, 1.165) is 55.7 Å². The largest absolute Gasteiger partial charge is 0.441 e. The summed E-state index contributed by atoms with van der Waals surface area (Å²) >= 11 is 0. The van der Waals surface area contributed by atoms with Crippen LogP contribution in [0.5, 0.6) is 0 Å². The molecule has 1 saturated heterocycles. The Hall–Kier alpha value is -2.73. The maximum Gasteiger partial charge on any atom is 0.226 e. The lowest BCUT2D eigenvalue weighted by Gasteiger charge is -2.34. The lowest BCUT2D eigenvalue weighted by atomic mass is 10.1. The molecule has 1 aliphatic heterocycles. The highest BCUT2D eigenvalue weighted by Crippen LogP contribution is 2.23. The van der Waals surface area contributed by atoms with Gasteiger partial charge in [-0.2, -0.15) is 0 Å². The SMILES string of the molecule is Cc1cccc(-c2nc(CN3CCN(c4ncccn4)CC3)c(C)o2)c1. The summed E-state index contributed by atoms with van der Waals surface area (Å²) in [5, 5.41) is 0. The summed E-state index contributed by atoms with van der Waals surface area (Å²) in [6, 6.07) is 10.1. The molecule has 1 aromatic carbocycles. The molecule has 134 valence electrons. The topological polar surface area (TPSA) is 58.3 Å². The smallest absolute Gasteiger partial charge is 0.226 e. The summed E-state index contributed by atoms with van der Waals surface area (Å²) in [6.45, 7) is 8.66. The quantitative estimate of drug-likeness (QED) is 0.721. The number of piperazine rings is 1. The van der Waals surface area contributed by atoms with Crippen molar-refractivity contribution in [1.29, 1.82) is 0 Å². The lowest BCUT2D eigenvalue weighted by molar-refractivity contribution is 0.245. The fourth-order valence-electron chi connectivity index (χ4n) is 3.25. The third-order valence-electron chi connectivity index (χ3n) is 4.74. The fraction of sp³-hybridized carbons (Fsp3) is 0.350. The highest BCUT2D eigenvalue weighted by Gasteiger charge is 2.21. The molecule has 2 aromatic heterocycles. The van der Waals surface area contributed by atoms with Crippen LogP contribution in [0.3, 0.4) is 0 Å². The summed E-state index contributed by atoms with van der Waals surface area (Å²) in [5.41, 5.74) is 3.26. The number of benzene rings is 1. The summed E-state index contributed by atoms with van der Waals surface area (Å²) < 4.78 is 5.92. The molecule has 0 N–H and O–H groups in total. The molecule has 6 heteroatoms. The maximum atomic E-state index is 5.92. The van der Waals surface area contributed by atoms with Gasteiger partial charge < -0.3 is 9.32 Å². The second-order valence-electron chi connectivity index (χ2n) is 6.70. The molecular weight excluding hydrogens is 326 g/mol. The van der Waals surface area contributed by atoms with Crippen LogP contribution < -0.4 is 4.90 Å². The second-order valence-corrected chi connectivity index (χ2v) is 6.70. The molecule has 26 heavy (non-hydrogen) atoms. The summed E-state index contributed by atoms with van der Waals surface area (Å²) in [4.78, 5) is 18.1. The van der Waals surface area contributed by atoms with Gasteiger partial charge in [-0.15, -0.1) is 0 Å². The molecule has 1 aliphatic rings. The van der Waals surface area contributed by atoms with Crippen molar-refractivity contribution < 1.29 is 4.42 Å². The van der Waals surface area contributed by atoms with Crippen LogP contribution >= 0.6 is 0 Å². The first-order valence-electron chi connectivity index (χ1n) is 8.97. The average molecular weight is 349 g/mol. The zero-order chi connectivity index (χ0) is 17.9. The van der Waals surface area contributed by atoms with Crippen LogP contribution in [0.15, 0.2) is 47.1 Å². The molecule has 3 aromatic rings. The molecule has 0 bridgehead atoms. The van der Waals surface area contributed by atoms with Gasteiger partial charge in [0.05, 0.1) is 5.69 Å². The van der Waals surface area contributed by atoms with Gasteiger partial charge in [0.2, 0.25) is 11.8 Å². The van der Waals surface area contributed by atoms with Crippen LogP contribution in [0.1, 0.15) is 17.0 Å². The van der Waals surface area contributed by atoms with Crippen LogP contribution in [-0.2, 0) is 6.54 Å². The van der Waals surface area contributed by atoms with Crippen LogP contribution in [0.4, 0.5) is 5.95 Å². The molecule has 1 fully saturated rings. The molecule has 0 aliphatic carbocycles. The van der Waals surface area contributed by atoms with Crippen molar-refractivity contribution >= 4 is 5.95 Å². The number of hydrogen-bond donors (Lipinski definition) is 0. The van der Waals surface area contributed by atoms with Gasteiger partial charge in [-0.05, 0) is 32.0 Å². The number of oxazole rings is 1. The van der Waals surface area contributed by atoms with E-state index in [-0.39, 0.29) is 0 Å². The third-order valence-corrected chi connectivity index (χ3v) is 4.74. The molecule has 0 radical (unpaired) electrons. The minimum Gasteiger partial charge on any atom is -0.441 e. The molecule has 0 spiro atoms. The predicted molar refractivity (Wildman–Crippen MR) is 101 cm³/mol. The Morgan fingerprint density at radius 2 is 1.77 bits per heavy atom. The molecular formula is C20H23N5O. The van der Waals surface area contributed by atoms with E-state index in [9.17, 15) is 0 Å². The molecule has 3 heterocycles. The van der Waals surface area contributed by atoms with Crippen molar-refractivity contribution in [2.24, 2.45) is 0 Å². The van der Waals surface area contributed by atoms with Crippen molar-refractivity contribution in [3.8, 4) is 11.5 Å². The number of aromatic nitrogens is 3. The molecule has 0 saturated carbocycles. The zero-order valence-corrected chi connectivity index (χ0v) is 15.2. The zero-order valence-electron chi connectivity index (χ0n) is 15.2. The Morgan fingerprint density at radius 1 is 1.00 bits per heavy atom. The van der Waals surface area contributed by atoms with Gasteiger partial charge in [0.15, 0.2) is 0 Å². The number of aryl methyl sites for hydroxylation is 2. The summed E-state index contributed by atoms with van der Waals surface area (Å²) in [6.07, 6.45) is 3.58. The number of rotatable bonds is 4. The van der Waals surface area contributed by atoms with Gasteiger partial charge in [-0.3, -0.25) is 4.90 Å². The Balaban J connectivity index is 1.41. The van der Waals surface area contributed by atoms with E-state index in [2.05, 4.69) is 38.8 Å². The predicted octanol–water partition coefficient (Wildman–Crippen LogP) is 3.07. The average Bonchev–Trinajstić information content (AvgIpc) is 3.04. The molecule has 0 atom stereocenters. The first kappa shape index (κ1) is 16.7. The van der Waals surface area contributed by atoms with E-state index in [0.29, 0.717) is 5.89 Å². The monoisotopic (exact) mass is 349 g/mol. The fourth-order valence-corrected chi connectivity index (χ4v) is 3.25. The standard InChI is InChI=1S/C20H23N5O/c1-15-5-3-6-17(13-15)19-23-18(16(2)26-19)14-24-9-11-25(12-10-24)20-21-7-4-8-22-20/h3-8,13H,9-12,14H2,1-2H3. The summed E-state index contributed by atoms with van der Waals surface area (Å²) in [7, 11) is 0. The first-order chi connectivity index (χ1) is 12.7. The summed E-state index contributed by atoms with van der Waals surface area (Å²) in [5.74, 6) is 2.42.